The van der Waals surface area contributed by atoms with Crippen molar-refractivity contribution in [2.45, 2.75) is 32.7 Å². The first-order valence-electron chi connectivity index (χ1n) is 9.94. The molecule has 3 aromatic rings. The van der Waals surface area contributed by atoms with Crippen LogP contribution >= 0.6 is 0 Å². The Labute approximate surface area is 183 Å². The lowest BCUT2D eigenvalue weighted by Crippen LogP contribution is -2.30. The van der Waals surface area contributed by atoms with Gasteiger partial charge in [-0.1, -0.05) is 41.5 Å². The van der Waals surface area contributed by atoms with Crippen molar-refractivity contribution in [2.24, 2.45) is 5.73 Å². The summed E-state index contributed by atoms with van der Waals surface area (Å²) in [7, 11) is -4.21. The van der Waals surface area contributed by atoms with Gasteiger partial charge in [0.05, 0.1) is 5.75 Å². The topological polar surface area (TPSA) is 98.9 Å². The lowest BCUT2D eigenvalue weighted by Gasteiger charge is -2.22. The number of hydrogen-bond donors (Lipinski definition) is 2. The molecule has 0 heterocycles. The van der Waals surface area contributed by atoms with E-state index in [1.165, 1.54) is 0 Å². The molecule has 2 atom stereocenters. The number of aryl methyl sites for hydroxylation is 2. The van der Waals surface area contributed by atoms with Crippen LogP contribution in [0.2, 0.25) is 0 Å². The van der Waals surface area contributed by atoms with E-state index >= 15 is 0 Å². The minimum atomic E-state index is -4.21. The van der Waals surface area contributed by atoms with Gasteiger partial charge in [0.1, 0.15) is 11.5 Å². The molecule has 2 unspecified atom stereocenters. The second-order valence-electron chi connectivity index (χ2n) is 7.75. The highest BCUT2D eigenvalue weighted by Gasteiger charge is 2.24. The largest absolute Gasteiger partial charge is 0.453 e. The summed E-state index contributed by atoms with van der Waals surface area (Å²) in [5.74, 6) is 1.07. The summed E-state index contributed by atoms with van der Waals surface area (Å²) in [6.07, 6.45) is 0. The van der Waals surface area contributed by atoms with E-state index in [-0.39, 0.29) is 0 Å². The average Bonchev–Trinajstić information content (AvgIpc) is 2.70. The van der Waals surface area contributed by atoms with Crippen molar-refractivity contribution in [3.8, 4) is 23.0 Å². The lowest BCUT2D eigenvalue weighted by molar-refractivity contribution is 0.417. The summed E-state index contributed by atoms with van der Waals surface area (Å²) in [5, 5.41) is 0. The summed E-state index contributed by atoms with van der Waals surface area (Å²) in [5.41, 5.74) is 8.87. The van der Waals surface area contributed by atoms with Crippen molar-refractivity contribution in [3.05, 3.63) is 83.4 Å². The molecule has 3 N–H and O–H groups in total. The normalized spacial score (nSPS) is 13.5. The van der Waals surface area contributed by atoms with Crippen molar-refractivity contribution in [3.63, 3.8) is 0 Å². The van der Waals surface area contributed by atoms with E-state index < -0.39 is 27.8 Å². The highest BCUT2D eigenvalue weighted by molar-refractivity contribution is 7.85. The van der Waals surface area contributed by atoms with Crippen molar-refractivity contribution >= 4 is 10.1 Å². The predicted molar refractivity (Wildman–Crippen MR) is 122 cm³/mol. The second-order valence-corrected chi connectivity index (χ2v) is 9.25. The molecule has 0 aliphatic carbocycles. The molecule has 164 valence electrons. The van der Waals surface area contributed by atoms with E-state index in [4.69, 9.17) is 15.2 Å². The molecule has 0 radical (unpaired) electrons. The first kappa shape index (κ1) is 22.8. The smallest absolute Gasteiger partial charge is 0.265 e. The maximum absolute atomic E-state index is 11.5. The Kier molecular flexibility index (Phi) is 7.00. The molecule has 7 heteroatoms. The summed E-state index contributed by atoms with van der Waals surface area (Å²) >= 11 is 0. The molecule has 3 rings (SSSR count). The van der Waals surface area contributed by atoms with Gasteiger partial charge in [0.2, 0.25) is 0 Å². The molecular weight excluding hydrogens is 414 g/mol. The van der Waals surface area contributed by atoms with Crippen molar-refractivity contribution in [2.75, 3.05) is 5.75 Å². The van der Waals surface area contributed by atoms with Crippen LogP contribution in [0.25, 0.3) is 0 Å². The van der Waals surface area contributed by atoms with Crippen LogP contribution in [0.5, 0.6) is 23.0 Å². The minimum Gasteiger partial charge on any atom is -0.453 e. The SMILES string of the molecule is Cc1ccc(Oc2ccc(C(CS(=O)(=O)O)C(C)N)cc2Oc2ccc(C)cc2)cc1. The zero-order valence-electron chi connectivity index (χ0n) is 17.8. The second kappa shape index (κ2) is 9.51. The van der Waals surface area contributed by atoms with E-state index in [1.54, 1.807) is 25.1 Å². The summed E-state index contributed by atoms with van der Waals surface area (Å²) in [6.45, 7) is 5.68. The van der Waals surface area contributed by atoms with Crippen LogP contribution in [0, 0.1) is 13.8 Å². The third kappa shape index (κ3) is 6.55. The molecule has 6 nitrogen and oxygen atoms in total. The van der Waals surface area contributed by atoms with Crippen LogP contribution < -0.4 is 15.2 Å². The van der Waals surface area contributed by atoms with E-state index in [1.807, 2.05) is 62.4 Å². The fourth-order valence-electron chi connectivity index (χ4n) is 3.16. The number of nitrogens with two attached hydrogens (primary N) is 1. The Balaban J connectivity index is 2.00. The summed E-state index contributed by atoms with van der Waals surface area (Å²) < 4.78 is 44.5. The van der Waals surface area contributed by atoms with Crippen LogP contribution in [-0.2, 0) is 10.1 Å². The molecule has 3 aromatic carbocycles. The number of rotatable bonds is 8. The van der Waals surface area contributed by atoms with Crippen LogP contribution in [0.3, 0.4) is 0 Å². The summed E-state index contributed by atoms with van der Waals surface area (Å²) in [6, 6.07) is 19.8. The first-order valence-corrected chi connectivity index (χ1v) is 11.6. The highest BCUT2D eigenvalue weighted by Crippen LogP contribution is 2.38. The van der Waals surface area contributed by atoms with E-state index in [2.05, 4.69) is 0 Å². The zero-order valence-corrected chi connectivity index (χ0v) is 18.6. The minimum absolute atomic E-state index is 0.419. The molecule has 0 fully saturated rings. The number of benzene rings is 3. The Morgan fingerprint density at radius 1 is 0.839 bits per heavy atom. The molecule has 0 spiro atoms. The van der Waals surface area contributed by atoms with Gasteiger partial charge in [0, 0.05) is 12.0 Å². The predicted octanol–water partition coefficient (Wildman–Crippen LogP) is 5.21. The van der Waals surface area contributed by atoms with Crippen LogP contribution in [0.15, 0.2) is 66.7 Å². The Bertz CT molecular complexity index is 1120. The zero-order chi connectivity index (χ0) is 22.6. The fraction of sp³-hybridized carbons (Fsp3) is 0.250. The standard InChI is InChI=1S/C24H27NO5S/c1-16-4-9-20(10-5-16)29-23-13-8-19(22(18(3)25)15-31(26,27)28)14-24(23)30-21-11-6-17(2)7-12-21/h4-14,18,22H,15,25H2,1-3H3,(H,26,27,28). The van der Waals surface area contributed by atoms with Crippen molar-refractivity contribution in [1.82, 2.24) is 0 Å². The molecule has 0 amide bonds. The Morgan fingerprint density at radius 2 is 1.32 bits per heavy atom. The molecule has 0 saturated carbocycles. The van der Waals surface area contributed by atoms with Gasteiger partial charge in [-0.3, -0.25) is 4.55 Å². The maximum Gasteiger partial charge on any atom is 0.265 e. The van der Waals surface area contributed by atoms with E-state index in [0.29, 0.717) is 28.6 Å². The quantitative estimate of drug-likeness (QED) is 0.466. The number of ether oxygens (including phenoxy) is 2. The van der Waals surface area contributed by atoms with Crippen LogP contribution in [0.1, 0.15) is 29.5 Å². The Hall–Kier alpha value is -2.87. The molecule has 0 aliphatic rings. The molecule has 0 aliphatic heterocycles. The average molecular weight is 442 g/mol. The molecular formula is C24H27NO5S. The fourth-order valence-corrected chi connectivity index (χ4v) is 4.11. The Morgan fingerprint density at radius 3 is 1.77 bits per heavy atom. The van der Waals surface area contributed by atoms with Gasteiger partial charge in [-0.15, -0.1) is 0 Å². The molecule has 0 aromatic heterocycles. The lowest BCUT2D eigenvalue weighted by atomic mass is 9.94. The van der Waals surface area contributed by atoms with Gasteiger partial charge in [-0.2, -0.15) is 8.42 Å². The molecule has 0 saturated heterocycles. The highest BCUT2D eigenvalue weighted by atomic mass is 32.2. The van der Waals surface area contributed by atoms with Crippen LogP contribution in [-0.4, -0.2) is 24.8 Å². The summed E-state index contributed by atoms with van der Waals surface area (Å²) in [4.78, 5) is 0. The van der Waals surface area contributed by atoms with Gasteiger partial charge in [0.25, 0.3) is 10.1 Å². The van der Waals surface area contributed by atoms with Gasteiger partial charge in [0.15, 0.2) is 11.5 Å². The number of hydrogen-bond acceptors (Lipinski definition) is 5. The third-order valence-corrected chi connectivity index (χ3v) is 5.70. The third-order valence-electron chi connectivity index (χ3n) is 4.92. The van der Waals surface area contributed by atoms with Gasteiger partial charge in [-0.25, -0.2) is 0 Å². The van der Waals surface area contributed by atoms with Gasteiger partial charge in [-0.05, 0) is 62.7 Å². The van der Waals surface area contributed by atoms with E-state index in [9.17, 15) is 13.0 Å². The van der Waals surface area contributed by atoms with Gasteiger partial charge >= 0.3 is 0 Å². The maximum atomic E-state index is 11.5. The monoisotopic (exact) mass is 441 g/mol. The first-order chi connectivity index (χ1) is 14.6. The van der Waals surface area contributed by atoms with Crippen LogP contribution in [0.4, 0.5) is 0 Å². The van der Waals surface area contributed by atoms with Crippen molar-refractivity contribution in [1.29, 1.82) is 0 Å². The molecule has 31 heavy (non-hydrogen) atoms. The molecule has 0 bridgehead atoms. The van der Waals surface area contributed by atoms with Gasteiger partial charge < -0.3 is 15.2 Å². The van der Waals surface area contributed by atoms with E-state index in [0.717, 1.165) is 11.1 Å². The van der Waals surface area contributed by atoms with Crippen molar-refractivity contribution < 1.29 is 22.4 Å².